The molecule has 0 aliphatic heterocycles. The van der Waals surface area contributed by atoms with Crippen LogP contribution in [0.2, 0.25) is 0 Å². The fourth-order valence-electron chi connectivity index (χ4n) is 1.88. The molecule has 0 aromatic heterocycles. The zero-order chi connectivity index (χ0) is 18.1. The summed E-state index contributed by atoms with van der Waals surface area (Å²) in [6.45, 7) is 5.13. The monoisotopic (exact) mass is 397 g/mol. The summed E-state index contributed by atoms with van der Waals surface area (Å²) in [5.74, 6) is -2.12. The SMILES string of the molecule is CC(C)(C)OC(=O)c1cc(Br)cc(O)c1Oc1ccc(N)cc1F. The molecule has 3 N–H and O–H groups in total. The van der Waals surface area contributed by atoms with Crippen LogP contribution in [-0.4, -0.2) is 16.7 Å². The first-order valence-corrected chi connectivity index (χ1v) is 7.85. The number of benzene rings is 2. The van der Waals surface area contributed by atoms with Gasteiger partial charge in [0.15, 0.2) is 23.1 Å². The van der Waals surface area contributed by atoms with Gasteiger partial charge in [0.25, 0.3) is 0 Å². The van der Waals surface area contributed by atoms with E-state index in [4.69, 9.17) is 15.2 Å². The first-order chi connectivity index (χ1) is 11.1. The second kappa shape index (κ2) is 6.68. The molecule has 7 heteroatoms. The van der Waals surface area contributed by atoms with E-state index in [-0.39, 0.29) is 28.5 Å². The van der Waals surface area contributed by atoms with Crippen molar-refractivity contribution in [1.29, 1.82) is 0 Å². The highest BCUT2D eigenvalue weighted by Crippen LogP contribution is 2.39. The van der Waals surface area contributed by atoms with E-state index >= 15 is 0 Å². The Bertz CT molecular complexity index is 787. The standard InChI is InChI=1S/C17H17BrFNO4/c1-17(2,3)24-16(22)11-6-9(18)7-13(21)15(11)23-14-5-4-10(20)8-12(14)19/h4-8,21H,20H2,1-3H3. The van der Waals surface area contributed by atoms with Crippen LogP contribution in [0.15, 0.2) is 34.8 Å². The summed E-state index contributed by atoms with van der Waals surface area (Å²) in [4.78, 5) is 12.4. The van der Waals surface area contributed by atoms with E-state index in [1.54, 1.807) is 20.8 Å². The molecule has 0 saturated carbocycles. The maximum atomic E-state index is 13.9. The topological polar surface area (TPSA) is 81.8 Å². The first-order valence-electron chi connectivity index (χ1n) is 7.05. The fraction of sp³-hybridized carbons (Fsp3) is 0.235. The van der Waals surface area contributed by atoms with Crippen molar-refractivity contribution >= 4 is 27.6 Å². The van der Waals surface area contributed by atoms with Crippen LogP contribution in [0.5, 0.6) is 17.2 Å². The molecule has 2 aromatic carbocycles. The molecular formula is C17H17BrFNO4. The lowest BCUT2D eigenvalue weighted by atomic mass is 10.1. The van der Waals surface area contributed by atoms with Gasteiger partial charge in [-0.05, 0) is 45.0 Å². The molecule has 0 heterocycles. The number of aromatic hydroxyl groups is 1. The summed E-state index contributed by atoms with van der Waals surface area (Å²) in [5.41, 5.74) is 4.95. The average Bonchev–Trinajstić information content (AvgIpc) is 2.41. The predicted octanol–water partition coefficient (Wildman–Crippen LogP) is 4.62. The smallest absolute Gasteiger partial charge is 0.342 e. The van der Waals surface area contributed by atoms with Gasteiger partial charge in [-0.2, -0.15) is 0 Å². The minimum Gasteiger partial charge on any atom is -0.504 e. The van der Waals surface area contributed by atoms with Gasteiger partial charge in [0.2, 0.25) is 0 Å². The lowest BCUT2D eigenvalue weighted by Gasteiger charge is -2.21. The number of nitrogens with two attached hydrogens (primary N) is 1. The molecular weight excluding hydrogens is 381 g/mol. The second-order valence-electron chi connectivity index (χ2n) is 6.10. The fourth-order valence-corrected chi connectivity index (χ4v) is 2.33. The lowest BCUT2D eigenvalue weighted by Crippen LogP contribution is -2.24. The van der Waals surface area contributed by atoms with Crippen molar-refractivity contribution in [2.45, 2.75) is 26.4 Å². The third-order valence-corrected chi connectivity index (χ3v) is 3.28. The van der Waals surface area contributed by atoms with Crippen molar-refractivity contribution in [1.82, 2.24) is 0 Å². The normalized spacial score (nSPS) is 11.2. The van der Waals surface area contributed by atoms with Gasteiger partial charge in [0, 0.05) is 16.2 Å². The van der Waals surface area contributed by atoms with Gasteiger partial charge in [0.05, 0.1) is 0 Å². The molecule has 2 aromatic rings. The second-order valence-corrected chi connectivity index (χ2v) is 7.01. The predicted molar refractivity (Wildman–Crippen MR) is 91.9 cm³/mol. The Balaban J connectivity index is 2.47. The number of phenols is 1. The Morgan fingerprint density at radius 3 is 2.50 bits per heavy atom. The van der Waals surface area contributed by atoms with Crippen LogP contribution in [-0.2, 0) is 4.74 Å². The summed E-state index contributed by atoms with van der Waals surface area (Å²) in [6, 6.07) is 6.60. The molecule has 0 bridgehead atoms. The Morgan fingerprint density at radius 1 is 1.25 bits per heavy atom. The number of esters is 1. The van der Waals surface area contributed by atoms with E-state index in [0.29, 0.717) is 4.47 Å². The summed E-state index contributed by atoms with van der Waals surface area (Å²) in [5, 5.41) is 10.1. The van der Waals surface area contributed by atoms with E-state index in [1.807, 2.05) is 0 Å². The van der Waals surface area contributed by atoms with E-state index < -0.39 is 17.4 Å². The van der Waals surface area contributed by atoms with Crippen LogP contribution in [0.3, 0.4) is 0 Å². The number of anilines is 1. The van der Waals surface area contributed by atoms with Crippen LogP contribution in [0.4, 0.5) is 10.1 Å². The number of ether oxygens (including phenoxy) is 2. The molecule has 0 fully saturated rings. The molecule has 0 aliphatic carbocycles. The Labute approximate surface area is 147 Å². The highest BCUT2D eigenvalue weighted by atomic mass is 79.9. The first kappa shape index (κ1) is 18.1. The molecule has 0 atom stereocenters. The Kier molecular flexibility index (Phi) is 5.03. The quantitative estimate of drug-likeness (QED) is 0.582. The molecule has 2 rings (SSSR count). The number of carbonyl (C=O) groups is 1. The van der Waals surface area contributed by atoms with Crippen molar-refractivity contribution < 1.29 is 23.8 Å². The largest absolute Gasteiger partial charge is 0.504 e. The molecule has 128 valence electrons. The molecule has 0 aliphatic rings. The highest BCUT2D eigenvalue weighted by Gasteiger charge is 2.25. The minimum atomic E-state index is -0.737. The number of phenolic OH excluding ortho intramolecular Hbond substituents is 1. The van der Waals surface area contributed by atoms with Crippen molar-refractivity contribution in [2.24, 2.45) is 0 Å². The van der Waals surface area contributed by atoms with Gasteiger partial charge >= 0.3 is 5.97 Å². The average molecular weight is 398 g/mol. The summed E-state index contributed by atoms with van der Waals surface area (Å²) >= 11 is 3.19. The van der Waals surface area contributed by atoms with Crippen molar-refractivity contribution in [3.8, 4) is 17.2 Å². The van der Waals surface area contributed by atoms with Gasteiger partial charge in [-0.15, -0.1) is 0 Å². The number of carbonyl (C=O) groups excluding carboxylic acids is 1. The summed E-state index contributed by atoms with van der Waals surface area (Å²) < 4.78 is 25.1. The summed E-state index contributed by atoms with van der Waals surface area (Å²) in [6.07, 6.45) is 0. The lowest BCUT2D eigenvalue weighted by molar-refractivity contribution is 0.00664. The molecule has 0 amide bonds. The van der Waals surface area contributed by atoms with Crippen LogP contribution in [0.1, 0.15) is 31.1 Å². The number of hydrogen-bond acceptors (Lipinski definition) is 5. The highest BCUT2D eigenvalue weighted by molar-refractivity contribution is 9.10. The van der Waals surface area contributed by atoms with Gasteiger partial charge in [0.1, 0.15) is 11.2 Å². The summed E-state index contributed by atoms with van der Waals surface area (Å²) in [7, 11) is 0. The number of rotatable bonds is 3. The maximum Gasteiger partial charge on any atom is 0.342 e. The Hall–Kier alpha value is -2.28. The van der Waals surface area contributed by atoms with Gasteiger partial charge in [-0.1, -0.05) is 15.9 Å². The zero-order valence-corrected chi connectivity index (χ0v) is 15.0. The molecule has 5 nitrogen and oxygen atoms in total. The number of nitrogen functional groups attached to an aromatic ring is 1. The van der Waals surface area contributed by atoms with E-state index in [0.717, 1.165) is 6.07 Å². The molecule has 0 unspecified atom stereocenters. The van der Waals surface area contributed by atoms with E-state index in [2.05, 4.69) is 15.9 Å². The zero-order valence-electron chi connectivity index (χ0n) is 13.4. The van der Waals surface area contributed by atoms with Crippen LogP contribution in [0, 0.1) is 5.82 Å². The van der Waals surface area contributed by atoms with Crippen molar-refractivity contribution in [3.05, 3.63) is 46.2 Å². The van der Waals surface area contributed by atoms with Crippen molar-refractivity contribution in [3.63, 3.8) is 0 Å². The van der Waals surface area contributed by atoms with Crippen LogP contribution >= 0.6 is 15.9 Å². The minimum absolute atomic E-state index is 0.0342. The maximum absolute atomic E-state index is 13.9. The van der Waals surface area contributed by atoms with Gasteiger partial charge < -0.3 is 20.3 Å². The number of hydrogen-bond donors (Lipinski definition) is 2. The van der Waals surface area contributed by atoms with E-state index in [1.165, 1.54) is 24.3 Å². The van der Waals surface area contributed by atoms with Crippen LogP contribution < -0.4 is 10.5 Å². The molecule has 0 spiro atoms. The van der Waals surface area contributed by atoms with Gasteiger partial charge in [-0.25, -0.2) is 9.18 Å². The van der Waals surface area contributed by atoms with Gasteiger partial charge in [-0.3, -0.25) is 0 Å². The van der Waals surface area contributed by atoms with Crippen LogP contribution in [0.25, 0.3) is 0 Å². The molecule has 24 heavy (non-hydrogen) atoms. The van der Waals surface area contributed by atoms with E-state index in [9.17, 15) is 14.3 Å². The molecule has 0 saturated heterocycles. The molecule has 0 radical (unpaired) electrons. The Morgan fingerprint density at radius 2 is 1.92 bits per heavy atom. The number of halogens is 2. The third-order valence-electron chi connectivity index (χ3n) is 2.82. The third kappa shape index (κ3) is 4.38. The van der Waals surface area contributed by atoms with Crippen molar-refractivity contribution in [2.75, 3.05) is 5.73 Å².